The Morgan fingerprint density at radius 3 is 2.57 bits per heavy atom. The number of aryl methyl sites for hydroxylation is 2. The summed E-state index contributed by atoms with van der Waals surface area (Å²) in [7, 11) is 1.90. The van der Waals surface area contributed by atoms with E-state index in [4.69, 9.17) is 4.42 Å². The second-order valence-electron chi connectivity index (χ2n) is 6.32. The summed E-state index contributed by atoms with van der Waals surface area (Å²) in [6.45, 7) is 10.0. The first-order chi connectivity index (χ1) is 10.7. The standard InChI is InChI=1S/C16H24N4O3/c1-8(2)10(4)20(6)7-12(21)17-16-14-13(11(5)23-16)9(3)18-19-15(14)22/h8,10H,7H2,1-6H3,(H,17,21)(H,19,22)/t10-/m1/s1. The van der Waals surface area contributed by atoms with Crippen LogP contribution in [0.3, 0.4) is 0 Å². The smallest absolute Gasteiger partial charge is 0.277 e. The van der Waals surface area contributed by atoms with E-state index in [1.807, 2.05) is 11.9 Å². The summed E-state index contributed by atoms with van der Waals surface area (Å²) in [5, 5.41) is 10.0. The van der Waals surface area contributed by atoms with Gasteiger partial charge in [0.2, 0.25) is 11.8 Å². The molecule has 0 saturated heterocycles. The number of likely N-dealkylation sites (N-methyl/N-ethyl adjacent to an activating group) is 1. The number of anilines is 1. The number of hydrogen-bond donors (Lipinski definition) is 2. The predicted molar refractivity (Wildman–Crippen MR) is 89.7 cm³/mol. The van der Waals surface area contributed by atoms with Gasteiger partial charge in [0.05, 0.1) is 17.6 Å². The zero-order chi connectivity index (χ0) is 17.3. The third kappa shape index (κ3) is 3.44. The Bertz CT molecular complexity index is 775. The molecule has 2 aromatic heterocycles. The lowest BCUT2D eigenvalue weighted by atomic mass is 10.1. The lowest BCUT2D eigenvalue weighted by molar-refractivity contribution is -0.117. The average molecular weight is 320 g/mol. The van der Waals surface area contributed by atoms with Crippen molar-refractivity contribution in [3.8, 4) is 0 Å². The van der Waals surface area contributed by atoms with Crippen molar-refractivity contribution in [2.24, 2.45) is 5.92 Å². The number of carbonyl (C=O) groups is 1. The molecule has 0 bridgehead atoms. The number of fused-ring (bicyclic) bond motifs is 1. The molecule has 0 aromatic carbocycles. The van der Waals surface area contributed by atoms with Crippen molar-refractivity contribution in [1.29, 1.82) is 0 Å². The number of rotatable bonds is 5. The van der Waals surface area contributed by atoms with Crippen molar-refractivity contribution in [3.05, 3.63) is 21.8 Å². The van der Waals surface area contributed by atoms with Gasteiger partial charge in [-0.05, 0) is 33.7 Å². The first-order valence-corrected chi connectivity index (χ1v) is 7.70. The number of nitrogens with zero attached hydrogens (tertiary/aromatic N) is 2. The molecule has 0 aliphatic heterocycles. The summed E-state index contributed by atoms with van der Waals surface area (Å²) in [4.78, 5) is 26.3. The van der Waals surface area contributed by atoms with E-state index in [-0.39, 0.29) is 29.9 Å². The molecule has 0 radical (unpaired) electrons. The second kappa shape index (κ2) is 6.54. The zero-order valence-corrected chi connectivity index (χ0v) is 14.5. The van der Waals surface area contributed by atoms with Crippen molar-refractivity contribution in [1.82, 2.24) is 15.1 Å². The fourth-order valence-corrected chi connectivity index (χ4v) is 2.58. The van der Waals surface area contributed by atoms with E-state index >= 15 is 0 Å². The summed E-state index contributed by atoms with van der Waals surface area (Å²) in [5.74, 6) is 0.968. The highest BCUT2D eigenvalue weighted by Crippen LogP contribution is 2.28. The first-order valence-electron chi connectivity index (χ1n) is 7.70. The van der Waals surface area contributed by atoms with Gasteiger partial charge in [0.25, 0.3) is 5.56 Å². The highest BCUT2D eigenvalue weighted by Gasteiger charge is 2.20. The lowest BCUT2D eigenvalue weighted by Gasteiger charge is -2.26. The number of H-pyrrole nitrogens is 1. The Kier molecular flexibility index (Phi) is 4.89. The third-order valence-corrected chi connectivity index (χ3v) is 4.30. The molecule has 0 saturated carbocycles. The molecule has 23 heavy (non-hydrogen) atoms. The molecule has 2 N–H and O–H groups in total. The van der Waals surface area contributed by atoms with Crippen LogP contribution in [0.25, 0.3) is 10.8 Å². The van der Waals surface area contributed by atoms with Crippen LogP contribution in [0, 0.1) is 19.8 Å². The van der Waals surface area contributed by atoms with Crippen LogP contribution in [-0.2, 0) is 4.79 Å². The maximum Gasteiger partial charge on any atom is 0.277 e. The van der Waals surface area contributed by atoms with Crippen LogP contribution in [0.4, 0.5) is 5.88 Å². The molecule has 0 spiro atoms. The number of hydrogen-bond acceptors (Lipinski definition) is 5. The SMILES string of the molecule is Cc1n[nH]c(=O)c2c(NC(=O)CN(C)[C@H](C)C(C)C)oc(C)c12. The van der Waals surface area contributed by atoms with Crippen LogP contribution < -0.4 is 10.9 Å². The Labute approximate surface area is 135 Å². The molecule has 0 aliphatic carbocycles. The molecular weight excluding hydrogens is 296 g/mol. The van der Waals surface area contributed by atoms with Crippen LogP contribution in [0.2, 0.25) is 0 Å². The van der Waals surface area contributed by atoms with Gasteiger partial charge in [-0.15, -0.1) is 0 Å². The Balaban J connectivity index is 2.24. The van der Waals surface area contributed by atoms with Gasteiger partial charge in [-0.25, -0.2) is 5.10 Å². The first kappa shape index (κ1) is 17.2. The monoisotopic (exact) mass is 320 g/mol. The van der Waals surface area contributed by atoms with E-state index in [9.17, 15) is 9.59 Å². The molecule has 126 valence electrons. The summed E-state index contributed by atoms with van der Waals surface area (Å²) >= 11 is 0. The van der Waals surface area contributed by atoms with Gasteiger partial charge >= 0.3 is 0 Å². The molecule has 7 heteroatoms. The minimum absolute atomic E-state index is 0.180. The summed E-state index contributed by atoms with van der Waals surface area (Å²) in [6.07, 6.45) is 0. The molecule has 0 unspecified atom stereocenters. The minimum atomic E-state index is -0.373. The molecule has 1 amide bonds. The average Bonchev–Trinajstić information content (AvgIpc) is 2.79. The largest absolute Gasteiger partial charge is 0.444 e. The van der Waals surface area contributed by atoms with Crippen molar-refractivity contribution in [3.63, 3.8) is 0 Å². The summed E-state index contributed by atoms with van der Waals surface area (Å²) < 4.78 is 5.58. The predicted octanol–water partition coefficient (Wildman–Crippen LogP) is 2.05. The number of carbonyl (C=O) groups excluding carboxylic acids is 1. The Morgan fingerprint density at radius 2 is 1.96 bits per heavy atom. The van der Waals surface area contributed by atoms with E-state index in [1.165, 1.54) is 0 Å². The normalized spacial score (nSPS) is 13.0. The zero-order valence-electron chi connectivity index (χ0n) is 14.5. The summed E-state index contributed by atoms with van der Waals surface area (Å²) in [6, 6.07) is 0.269. The fourth-order valence-electron chi connectivity index (χ4n) is 2.58. The molecule has 0 fully saturated rings. The third-order valence-electron chi connectivity index (χ3n) is 4.30. The van der Waals surface area contributed by atoms with Crippen LogP contribution in [-0.4, -0.2) is 40.6 Å². The fraction of sp³-hybridized carbons (Fsp3) is 0.562. The molecule has 7 nitrogen and oxygen atoms in total. The number of nitrogens with one attached hydrogen (secondary N) is 2. The van der Waals surface area contributed by atoms with Crippen LogP contribution in [0.5, 0.6) is 0 Å². The van der Waals surface area contributed by atoms with Crippen LogP contribution in [0.1, 0.15) is 32.2 Å². The van der Waals surface area contributed by atoms with E-state index < -0.39 is 0 Å². The highest BCUT2D eigenvalue weighted by atomic mass is 16.4. The Hall–Kier alpha value is -2.15. The maximum atomic E-state index is 12.3. The quantitative estimate of drug-likeness (QED) is 0.880. The number of aromatic nitrogens is 2. The van der Waals surface area contributed by atoms with Crippen molar-refractivity contribution in [2.75, 3.05) is 18.9 Å². The van der Waals surface area contributed by atoms with Gasteiger partial charge in [-0.1, -0.05) is 13.8 Å². The van der Waals surface area contributed by atoms with E-state index in [2.05, 4.69) is 36.3 Å². The highest BCUT2D eigenvalue weighted by molar-refractivity contribution is 6.01. The second-order valence-corrected chi connectivity index (χ2v) is 6.32. The maximum absolute atomic E-state index is 12.3. The van der Waals surface area contributed by atoms with Gasteiger partial charge < -0.3 is 4.42 Å². The number of amides is 1. The topological polar surface area (TPSA) is 91.2 Å². The van der Waals surface area contributed by atoms with E-state index in [0.29, 0.717) is 28.1 Å². The molecule has 2 heterocycles. The molecule has 2 rings (SSSR count). The van der Waals surface area contributed by atoms with Crippen molar-refractivity contribution < 1.29 is 9.21 Å². The van der Waals surface area contributed by atoms with Crippen molar-refractivity contribution in [2.45, 2.75) is 40.7 Å². The van der Waals surface area contributed by atoms with E-state index in [1.54, 1.807) is 13.8 Å². The summed E-state index contributed by atoms with van der Waals surface area (Å²) in [5.41, 5.74) is 0.286. The van der Waals surface area contributed by atoms with E-state index in [0.717, 1.165) is 0 Å². The lowest BCUT2D eigenvalue weighted by Crippen LogP contribution is -2.39. The molecule has 2 aromatic rings. The minimum Gasteiger partial charge on any atom is -0.444 e. The van der Waals surface area contributed by atoms with Crippen molar-refractivity contribution >= 4 is 22.6 Å². The Morgan fingerprint density at radius 1 is 1.30 bits per heavy atom. The van der Waals surface area contributed by atoms with Crippen LogP contribution in [0.15, 0.2) is 9.21 Å². The van der Waals surface area contributed by atoms with Gasteiger partial charge in [0.15, 0.2) is 0 Å². The van der Waals surface area contributed by atoms with Gasteiger partial charge in [0, 0.05) is 6.04 Å². The van der Waals surface area contributed by atoms with Gasteiger partial charge in [-0.2, -0.15) is 5.10 Å². The number of furan rings is 1. The van der Waals surface area contributed by atoms with Crippen LogP contribution >= 0.6 is 0 Å². The van der Waals surface area contributed by atoms with Gasteiger partial charge in [-0.3, -0.25) is 19.8 Å². The molecule has 1 atom stereocenters. The number of aromatic amines is 1. The molecular formula is C16H24N4O3. The molecule has 0 aliphatic rings. The van der Waals surface area contributed by atoms with Gasteiger partial charge in [0.1, 0.15) is 11.1 Å².